The number of carbonyl (C=O) groups excluding carboxylic acids is 1. The maximum atomic E-state index is 12.6. The lowest BCUT2D eigenvalue weighted by molar-refractivity contribution is 0.102. The molecule has 3 aromatic rings. The zero-order valence-corrected chi connectivity index (χ0v) is 16.2. The normalized spacial score (nSPS) is 10.5. The van der Waals surface area contributed by atoms with Gasteiger partial charge in [-0.3, -0.25) is 10.1 Å². The molecule has 2 aromatic carbocycles. The molecule has 134 valence electrons. The van der Waals surface area contributed by atoms with Crippen LogP contribution in [0.3, 0.4) is 0 Å². The van der Waals surface area contributed by atoms with E-state index >= 15 is 0 Å². The first-order chi connectivity index (χ1) is 12.7. The first-order valence-corrected chi connectivity index (χ1v) is 9.99. The van der Waals surface area contributed by atoms with E-state index in [1.54, 1.807) is 18.9 Å². The number of anilines is 1. The van der Waals surface area contributed by atoms with Crippen LogP contribution in [-0.4, -0.2) is 29.0 Å². The summed E-state index contributed by atoms with van der Waals surface area (Å²) >= 11 is 3.02. The predicted molar refractivity (Wildman–Crippen MR) is 107 cm³/mol. The summed E-state index contributed by atoms with van der Waals surface area (Å²) in [4.78, 5) is 13.5. The molecule has 0 aliphatic rings. The van der Waals surface area contributed by atoms with Crippen molar-refractivity contribution in [2.24, 2.45) is 0 Å². The van der Waals surface area contributed by atoms with Gasteiger partial charge < -0.3 is 4.74 Å². The summed E-state index contributed by atoms with van der Waals surface area (Å²) in [6.45, 7) is 2.06. The van der Waals surface area contributed by atoms with Gasteiger partial charge in [0.1, 0.15) is 10.8 Å². The van der Waals surface area contributed by atoms with E-state index in [9.17, 15) is 4.79 Å². The number of ether oxygens (including phenoxy) is 1. The van der Waals surface area contributed by atoms with Gasteiger partial charge in [0.25, 0.3) is 5.91 Å². The summed E-state index contributed by atoms with van der Waals surface area (Å²) in [5, 5.41) is 12.5. The fourth-order valence-electron chi connectivity index (χ4n) is 2.49. The molecule has 26 heavy (non-hydrogen) atoms. The Balaban J connectivity index is 1.72. The predicted octanol–water partition coefficient (Wildman–Crippen LogP) is 4.50. The Hall–Kier alpha value is -2.38. The van der Waals surface area contributed by atoms with Crippen LogP contribution in [0.4, 0.5) is 5.13 Å². The molecule has 0 saturated carbocycles. The molecule has 0 bridgehead atoms. The van der Waals surface area contributed by atoms with Crippen LogP contribution in [0.5, 0.6) is 5.75 Å². The zero-order valence-electron chi connectivity index (χ0n) is 14.6. The van der Waals surface area contributed by atoms with E-state index in [1.807, 2.05) is 48.5 Å². The molecule has 0 aliphatic heterocycles. The molecule has 1 N–H and O–H groups in total. The number of hydrogen-bond donors (Lipinski definition) is 1. The van der Waals surface area contributed by atoms with Crippen molar-refractivity contribution in [3.8, 4) is 5.75 Å². The molecule has 0 spiro atoms. The van der Waals surface area contributed by atoms with Crippen LogP contribution in [0.1, 0.15) is 27.9 Å². The molecular formula is C19H19N3O2S2. The van der Waals surface area contributed by atoms with Crippen molar-refractivity contribution < 1.29 is 9.53 Å². The van der Waals surface area contributed by atoms with Crippen LogP contribution in [0.15, 0.2) is 53.4 Å². The molecule has 5 nitrogen and oxygen atoms in total. The van der Waals surface area contributed by atoms with Crippen molar-refractivity contribution in [3.63, 3.8) is 0 Å². The van der Waals surface area contributed by atoms with Crippen molar-refractivity contribution >= 4 is 34.1 Å². The molecule has 0 radical (unpaired) electrons. The Morgan fingerprint density at radius 3 is 2.73 bits per heavy atom. The number of benzene rings is 2. The van der Waals surface area contributed by atoms with E-state index in [2.05, 4.69) is 22.4 Å². The monoisotopic (exact) mass is 385 g/mol. The quantitative estimate of drug-likeness (QED) is 0.607. The summed E-state index contributed by atoms with van der Waals surface area (Å²) in [6, 6.07) is 15.4. The number of nitrogens with one attached hydrogen (secondary N) is 1. The first kappa shape index (κ1) is 18.4. The lowest BCUT2D eigenvalue weighted by atomic mass is 10.1. The average Bonchev–Trinajstić information content (AvgIpc) is 3.09. The number of aromatic nitrogens is 2. The van der Waals surface area contributed by atoms with Crippen LogP contribution < -0.4 is 10.1 Å². The Kier molecular flexibility index (Phi) is 6.25. The summed E-state index contributed by atoms with van der Waals surface area (Å²) in [7, 11) is 1.65. The number of carbonyl (C=O) groups is 1. The number of nitrogens with zero attached hydrogens (tertiary/aromatic N) is 2. The van der Waals surface area contributed by atoms with Gasteiger partial charge in [0.15, 0.2) is 0 Å². The Morgan fingerprint density at radius 1 is 1.15 bits per heavy atom. The molecule has 0 fully saturated rings. The fraction of sp³-hybridized carbons (Fsp3) is 0.211. The highest BCUT2D eigenvalue weighted by Crippen LogP contribution is 2.26. The summed E-state index contributed by atoms with van der Waals surface area (Å²) in [6.07, 6.45) is 0.611. The lowest BCUT2D eigenvalue weighted by Gasteiger charge is -2.07. The standard InChI is InChI=1S/C19H19N3O2S2/c1-3-25-16-11-7-5-9-14(16)18(23)20-19-22-21-17(26-19)12-13-8-4-6-10-15(13)24-2/h4-11H,3,12H2,1-2H3,(H,20,22,23). The molecule has 0 unspecified atom stereocenters. The van der Waals surface area contributed by atoms with Gasteiger partial charge in [-0.1, -0.05) is 48.6 Å². The third-order valence-corrected chi connectivity index (χ3v) is 5.45. The van der Waals surface area contributed by atoms with E-state index in [0.29, 0.717) is 17.1 Å². The van der Waals surface area contributed by atoms with E-state index in [4.69, 9.17) is 4.74 Å². The Bertz CT molecular complexity index is 896. The molecule has 1 aromatic heterocycles. The van der Waals surface area contributed by atoms with Crippen LogP contribution in [0.2, 0.25) is 0 Å². The number of thioether (sulfide) groups is 1. The van der Waals surface area contributed by atoms with Crippen molar-refractivity contribution in [2.45, 2.75) is 18.2 Å². The minimum Gasteiger partial charge on any atom is -0.496 e. The van der Waals surface area contributed by atoms with Gasteiger partial charge in [-0.2, -0.15) is 0 Å². The molecule has 0 aliphatic carbocycles. The first-order valence-electron chi connectivity index (χ1n) is 8.18. The smallest absolute Gasteiger partial charge is 0.258 e. The van der Waals surface area contributed by atoms with E-state index in [0.717, 1.165) is 27.0 Å². The van der Waals surface area contributed by atoms with Crippen LogP contribution >= 0.6 is 23.1 Å². The van der Waals surface area contributed by atoms with Crippen LogP contribution in [-0.2, 0) is 6.42 Å². The summed E-state index contributed by atoms with van der Waals surface area (Å²) in [5.41, 5.74) is 1.69. The zero-order chi connectivity index (χ0) is 18.4. The molecule has 0 atom stereocenters. The van der Waals surface area contributed by atoms with Gasteiger partial charge in [0.2, 0.25) is 5.13 Å². The number of amides is 1. The SMILES string of the molecule is CCSc1ccccc1C(=O)Nc1nnc(Cc2ccccc2OC)s1. The second-order valence-corrected chi connectivity index (χ2v) is 7.74. The highest BCUT2D eigenvalue weighted by molar-refractivity contribution is 7.99. The molecule has 7 heteroatoms. The highest BCUT2D eigenvalue weighted by atomic mass is 32.2. The molecule has 0 saturated heterocycles. The van der Waals surface area contributed by atoms with Crippen molar-refractivity contribution in [1.29, 1.82) is 0 Å². The Morgan fingerprint density at radius 2 is 1.92 bits per heavy atom. The number of para-hydroxylation sites is 1. The van der Waals surface area contributed by atoms with Gasteiger partial charge in [-0.15, -0.1) is 22.0 Å². The van der Waals surface area contributed by atoms with Gasteiger partial charge in [0.05, 0.1) is 12.7 Å². The number of methoxy groups -OCH3 is 1. The van der Waals surface area contributed by atoms with E-state index in [1.165, 1.54) is 11.3 Å². The van der Waals surface area contributed by atoms with Gasteiger partial charge in [-0.05, 0) is 24.0 Å². The molecule has 1 heterocycles. The van der Waals surface area contributed by atoms with Crippen molar-refractivity contribution in [3.05, 3.63) is 64.7 Å². The van der Waals surface area contributed by atoms with Gasteiger partial charge >= 0.3 is 0 Å². The fourth-order valence-corrected chi connectivity index (χ4v) is 4.05. The minimum atomic E-state index is -0.165. The molecule has 1 amide bonds. The molecule has 3 rings (SSSR count). The number of hydrogen-bond acceptors (Lipinski definition) is 6. The summed E-state index contributed by atoms with van der Waals surface area (Å²) < 4.78 is 5.37. The highest BCUT2D eigenvalue weighted by Gasteiger charge is 2.14. The average molecular weight is 386 g/mol. The third-order valence-electron chi connectivity index (χ3n) is 3.65. The van der Waals surface area contributed by atoms with Crippen molar-refractivity contribution in [1.82, 2.24) is 10.2 Å². The van der Waals surface area contributed by atoms with E-state index < -0.39 is 0 Å². The summed E-state index contributed by atoms with van der Waals surface area (Å²) in [5.74, 6) is 1.56. The van der Waals surface area contributed by atoms with Gasteiger partial charge in [-0.25, -0.2) is 0 Å². The van der Waals surface area contributed by atoms with Crippen LogP contribution in [0.25, 0.3) is 0 Å². The maximum absolute atomic E-state index is 12.6. The Labute approximate surface area is 160 Å². The molecular weight excluding hydrogens is 366 g/mol. The lowest BCUT2D eigenvalue weighted by Crippen LogP contribution is -2.12. The topological polar surface area (TPSA) is 64.1 Å². The second kappa shape index (κ2) is 8.82. The second-order valence-electron chi connectivity index (χ2n) is 5.37. The largest absolute Gasteiger partial charge is 0.496 e. The van der Waals surface area contributed by atoms with Crippen molar-refractivity contribution in [2.75, 3.05) is 18.2 Å². The van der Waals surface area contributed by atoms with E-state index in [-0.39, 0.29) is 5.91 Å². The third kappa shape index (κ3) is 4.42. The minimum absolute atomic E-state index is 0.165. The van der Waals surface area contributed by atoms with Crippen LogP contribution in [0, 0.1) is 0 Å². The van der Waals surface area contributed by atoms with Gasteiger partial charge in [0, 0.05) is 16.9 Å². The maximum Gasteiger partial charge on any atom is 0.258 e. The number of rotatable bonds is 7.